The smallest absolute Gasteiger partial charge is 0.306 e. The molecule has 0 radical (unpaired) electrons. The highest BCUT2D eigenvalue weighted by Gasteiger charge is 2.26. The molecule has 0 aromatic heterocycles. The number of imide groups is 2. The van der Waals surface area contributed by atoms with E-state index in [-0.39, 0.29) is 61.2 Å². The highest BCUT2D eigenvalue weighted by Crippen LogP contribution is 2.15. The molecule has 2 atom stereocenters. The average Bonchev–Trinajstić information content (AvgIpc) is 3.44. The number of hydrogen-bond donors (Lipinski definition) is 0. The molecule has 0 aromatic rings. The lowest BCUT2D eigenvalue weighted by atomic mass is 10.0. The van der Waals surface area contributed by atoms with Gasteiger partial charge in [-0.15, -0.1) is 0 Å². The molecule has 2 rings (SSSR count). The molecular weight excluding hydrogens is 540 g/mol. The first kappa shape index (κ1) is 34.9. The number of carbonyl (C=O) groups excluding carboxylic acids is 6. The van der Waals surface area contributed by atoms with Crippen molar-refractivity contribution in [3.05, 3.63) is 24.3 Å². The lowest BCUT2D eigenvalue weighted by Crippen LogP contribution is -2.37. The molecule has 0 spiro atoms. The minimum Gasteiger partial charge on any atom is -0.465 e. The second kappa shape index (κ2) is 19.8. The molecule has 0 saturated carbocycles. The second-order valence-corrected chi connectivity index (χ2v) is 11.4. The third-order valence-corrected chi connectivity index (χ3v) is 7.36. The lowest BCUT2D eigenvalue weighted by molar-refractivity contribution is -0.152. The molecule has 0 aliphatic carbocycles. The van der Waals surface area contributed by atoms with Gasteiger partial charge in [-0.2, -0.15) is 0 Å². The lowest BCUT2D eigenvalue weighted by Gasteiger charge is -2.19. The van der Waals surface area contributed by atoms with Crippen LogP contribution in [0, 0.1) is 5.92 Å². The summed E-state index contributed by atoms with van der Waals surface area (Å²) in [5, 5.41) is 0. The number of ether oxygens (including phenoxy) is 2. The predicted molar refractivity (Wildman–Crippen MR) is 157 cm³/mol. The summed E-state index contributed by atoms with van der Waals surface area (Å²) in [5.41, 5.74) is 0. The van der Waals surface area contributed by atoms with Crippen molar-refractivity contribution in [1.29, 1.82) is 0 Å². The van der Waals surface area contributed by atoms with Crippen LogP contribution >= 0.6 is 0 Å². The van der Waals surface area contributed by atoms with Gasteiger partial charge in [0, 0.05) is 49.6 Å². The summed E-state index contributed by atoms with van der Waals surface area (Å²) in [6, 6.07) is 0. The number of nitrogens with zero attached hydrogens (tertiary/aromatic N) is 2. The van der Waals surface area contributed by atoms with Gasteiger partial charge in [0.15, 0.2) is 0 Å². The molecule has 0 bridgehead atoms. The molecule has 2 aliphatic heterocycles. The summed E-state index contributed by atoms with van der Waals surface area (Å²) < 4.78 is 10.6. The first-order valence-electron chi connectivity index (χ1n) is 15.6. The maximum Gasteiger partial charge on any atom is 0.306 e. The van der Waals surface area contributed by atoms with Gasteiger partial charge in [-0.25, -0.2) is 0 Å². The van der Waals surface area contributed by atoms with E-state index in [0.29, 0.717) is 12.8 Å². The zero-order valence-electron chi connectivity index (χ0n) is 25.4. The molecular formula is C32H48N2O8. The van der Waals surface area contributed by atoms with Crippen LogP contribution in [0.2, 0.25) is 0 Å². The van der Waals surface area contributed by atoms with Gasteiger partial charge < -0.3 is 9.47 Å². The van der Waals surface area contributed by atoms with Crippen molar-refractivity contribution in [2.45, 2.75) is 116 Å². The van der Waals surface area contributed by atoms with Crippen molar-refractivity contribution >= 4 is 35.6 Å². The maximum atomic E-state index is 12.0. The third kappa shape index (κ3) is 14.0. The summed E-state index contributed by atoms with van der Waals surface area (Å²) in [7, 11) is 0. The van der Waals surface area contributed by atoms with Crippen LogP contribution in [0.25, 0.3) is 0 Å². The zero-order chi connectivity index (χ0) is 30.7. The normalized spacial score (nSPS) is 16.0. The maximum absolute atomic E-state index is 12.0. The van der Waals surface area contributed by atoms with Crippen LogP contribution in [0.4, 0.5) is 0 Å². The Morgan fingerprint density at radius 1 is 0.571 bits per heavy atom. The highest BCUT2D eigenvalue weighted by molar-refractivity contribution is 6.13. The van der Waals surface area contributed by atoms with E-state index in [2.05, 4.69) is 0 Å². The Morgan fingerprint density at radius 2 is 0.929 bits per heavy atom. The molecule has 10 nitrogen and oxygen atoms in total. The van der Waals surface area contributed by atoms with Crippen LogP contribution in [0.1, 0.15) is 110 Å². The standard InChI is InChI=1S/C32H48N2O8/c1-25(22-33-27(35)18-19-28(33)36)24-41-31(39)16-14-12-10-8-6-4-3-5-7-9-11-13-15-17-32(40)42-26(2)23-34-29(37)20-21-30(34)38/h18-21,25-26H,3-17,22-24H2,1-2H3. The number of esters is 2. The molecule has 0 aromatic carbocycles. The van der Waals surface area contributed by atoms with Gasteiger partial charge in [-0.05, 0) is 19.8 Å². The molecule has 0 fully saturated rings. The predicted octanol–water partition coefficient (Wildman–Crippen LogP) is 4.80. The number of unbranched alkanes of at least 4 members (excludes halogenated alkanes) is 12. The molecule has 234 valence electrons. The number of rotatable bonds is 23. The van der Waals surface area contributed by atoms with Crippen molar-refractivity contribution in [1.82, 2.24) is 9.80 Å². The Kier molecular flexibility index (Phi) is 16.4. The second-order valence-electron chi connectivity index (χ2n) is 11.4. The van der Waals surface area contributed by atoms with Gasteiger partial charge in [0.1, 0.15) is 6.10 Å². The Labute approximate surface area is 249 Å². The largest absolute Gasteiger partial charge is 0.465 e. The summed E-state index contributed by atoms with van der Waals surface area (Å²) >= 11 is 0. The van der Waals surface area contributed by atoms with Gasteiger partial charge in [-0.3, -0.25) is 38.6 Å². The molecule has 2 heterocycles. The first-order valence-corrected chi connectivity index (χ1v) is 15.6. The average molecular weight is 589 g/mol. The van der Waals surface area contributed by atoms with E-state index in [0.717, 1.165) is 49.8 Å². The summed E-state index contributed by atoms with van der Waals surface area (Å²) in [5.74, 6) is -1.98. The van der Waals surface area contributed by atoms with E-state index in [1.807, 2.05) is 6.92 Å². The summed E-state index contributed by atoms with van der Waals surface area (Å²) in [6.45, 7) is 4.08. The van der Waals surface area contributed by atoms with Crippen LogP contribution < -0.4 is 0 Å². The fourth-order valence-electron chi connectivity index (χ4n) is 4.95. The van der Waals surface area contributed by atoms with Crippen LogP contribution in [0.3, 0.4) is 0 Å². The van der Waals surface area contributed by atoms with Crippen LogP contribution in [0.5, 0.6) is 0 Å². The first-order chi connectivity index (χ1) is 20.2. The molecule has 0 saturated heterocycles. The Balaban J connectivity index is 1.30. The fraction of sp³-hybridized carbons (Fsp3) is 0.688. The van der Waals surface area contributed by atoms with E-state index in [1.54, 1.807) is 6.92 Å². The van der Waals surface area contributed by atoms with Crippen molar-refractivity contribution < 1.29 is 38.2 Å². The van der Waals surface area contributed by atoms with E-state index >= 15 is 0 Å². The molecule has 0 N–H and O–H groups in total. The van der Waals surface area contributed by atoms with Crippen LogP contribution in [0.15, 0.2) is 24.3 Å². The van der Waals surface area contributed by atoms with E-state index < -0.39 is 6.10 Å². The topological polar surface area (TPSA) is 127 Å². The van der Waals surface area contributed by atoms with Gasteiger partial charge in [0.2, 0.25) is 0 Å². The summed E-state index contributed by atoms with van der Waals surface area (Å²) in [4.78, 5) is 72.5. The number of hydrogen-bond acceptors (Lipinski definition) is 8. The molecule has 2 unspecified atom stereocenters. The van der Waals surface area contributed by atoms with Crippen molar-refractivity contribution in [3.8, 4) is 0 Å². The molecule has 2 aliphatic rings. The third-order valence-electron chi connectivity index (χ3n) is 7.36. The van der Waals surface area contributed by atoms with Crippen molar-refractivity contribution in [2.75, 3.05) is 19.7 Å². The molecule has 42 heavy (non-hydrogen) atoms. The fourth-order valence-corrected chi connectivity index (χ4v) is 4.95. The van der Waals surface area contributed by atoms with E-state index in [1.165, 1.54) is 67.7 Å². The monoisotopic (exact) mass is 588 g/mol. The van der Waals surface area contributed by atoms with Crippen molar-refractivity contribution in [2.24, 2.45) is 5.92 Å². The molecule has 4 amide bonds. The minimum absolute atomic E-state index is 0.0857. The quantitative estimate of drug-likeness (QED) is 0.0946. The highest BCUT2D eigenvalue weighted by atomic mass is 16.5. The van der Waals surface area contributed by atoms with E-state index in [9.17, 15) is 28.8 Å². The molecule has 10 heteroatoms. The van der Waals surface area contributed by atoms with Gasteiger partial charge in [-0.1, -0.05) is 77.6 Å². The SMILES string of the molecule is CC(COC(=O)CCCCCCCCCCCCCCCC(=O)OC(C)CN1C(=O)C=CC1=O)CN1C(=O)C=CC1=O. The van der Waals surface area contributed by atoms with Crippen LogP contribution in [-0.2, 0) is 38.2 Å². The Bertz CT molecular complexity index is 953. The Morgan fingerprint density at radius 3 is 1.36 bits per heavy atom. The number of carbonyl (C=O) groups is 6. The Hall–Kier alpha value is -3.30. The van der Waals surface area contributed by atoms with E-state index in [4.69, 9.17) is 9.47 Å². The summed E-state index contributed by atoms with van der Waals surface area (Å²) in [6.07, 6.45) is 19.5. The van der Waals surface area contributed by atoms with Gasteiger partial charge in [0.25, 0.3) is 23.6 Å². The van der Waals surface area contributed by atoms with Gasteiger partial charge in [0.05, 0.1) is 13.2 Å². The number of amides is 4. The van der Waals surface area contributed by atoms with Crippen LogP contribution in [-0.4, -0.2) is 71.2 Å². The zero-order valence-corrected chi connectivity index (χ0v) is 25.4. The van der Waals surface area contributed by atoms with Gasteiger partial charge >= 0.3 is 11.9 Å². The minimum atomic E-state index is -0.512. The van der Waals surface area contributed by atoms with Crippen molar-refractivity contribution in [3.63, 3.8) is 0 Å².